The second-order valence-electron chi connectivity index (χ2n) is 8.72. The van der Waals surface area contributed by atoms with Gasteiger partial charge in [0.1, 0.15) is 11.4 Å². The highest BCUT2D eigenvalue weighted by atomic mass is 32.2. The van der Waals surface area contributed by atoms with Gasteiger partial charge >= 0.3 is 6.03 Å². The van der Waals surface area contributed by atoms with E-state index in [-0.39, 0.29) is 18.2 Å². The Morgan fingerprint density at radius 3 is 2.57 bits per heavy atom. The minimum Gasteiger partial charge on any atom is -0.454 e. The topological polar surface area (TPSA) is 123 Å². The van der Waals surface area contributed by atoms with E-state index in [4.69, 9.17) is 9.47 Å². The van der Waals surface area contributed by atoms with Crippen LogP contribution in [-0.4, -0.2) is 60.0 Å². The number of imide groups is 1. The molecule has 1 N–H and O–H groups in total. The minimum atomic E-state index is -3.63. The van der Waals surface area contributed by atoms with Gasteiger partial charge in [-0.2, -0.15) is 0 Å². The Bertz CT molecular complexity index is 1480. The first-order chi connectivity index (χ1) is 16.6. The molecule has 1 saturated heterocycles. The summed E-state index contributed by atoms with van der Waals surface area (Å²) in [6.07, 6.45) is 0. The van der Waals surface area contributed by atoms with Gasteiger partial charge in [-0.1, -0.05) is 6.07 Å². The monoisotopic (exact) mass is 499 g/mol. The van der Waals surface area contributed by atoms with Crippen LogP contribution in [0.4, 0.5) is 4.79 Å². The summed E-state index contributed by atoms with van der Waals surface area (Å²) >= 11 is 0. The molecule has 3 amide bonds. The second kappa shape index (κ2) is 7.95. The van der Waals surface area contributed by atoms with Crippen LogP contribution in [0.25, 0.3) is 11.0 Å². The molecule has 2 aliphatic heterocycles. The van der Waals surface area contributed by atoms with Crippen molar-refractivity contribution in [3.63, 3.8) is 0 Å². The van der Waals surface area contributed by atoms with Crippen LogP contribution >= 0.6 is 0 Å². The van der Waals surface area contributed by atoms with Crippen LogP contribution in [0.5, 0.6) is 11.5 Å². The fraction of sp³-hybridized carbons (Fsp3) is 0.348. The van der Waals surface area contributed by atoms with Crippen LogP contribution in [-0.2, 0) is 33.4 Å². The normalized spacial score (nSPS) is 19.7. The van der Waals surface area contributed by atoms with Gasteiger partial charge in [-0.25, -0.2) is 22.5 Å². The maximum atomic E-state index is 13.5. The minimum absolute atomic E-state index is 0.0664. The average molecular weight is 500 g/mol. The summed E-state index contributed by atoms with van der Waals surface area (Å²) in [6.45, 7) is 4.12. The number of urea groups is 1. The molecule has 1 fully saturated rings. The highest BCUT2D eigenvalue weighted by molar-refractivity contribution is 7.89. The molecule has 0 bridgehead atoms. The molecule has 3 aromatic rings. The first kappa shape index (κ1) is 23.1. The van der Waals surface area contributed by atoms with E-state index in [9.17, 15) is 18.0 Å². The molecule has 0 aliphatic carbocycles. The molecule has 11 nitrogen and oxygen atoms in total. The number of aromatic nitrogens is 2. The molecule has 0 radical (unpaired) electrons. The largest absolute Gasteiger partial charge is 0.454 e. The molecule has 5 rings (SSSR count). The highest BCUT2D eigenvalue weighted by Gasteiger charge is 2.49. The number of aryl methyl sites for hydroxylation is 1. The highest BCUT2D eigenvalue weighted by Crippen LogP contribution is 2.38. The number of hydrogen-bond donors (Lipinski definition) is 1. The Balaban J connectivity index is 1.48. The predicted molar refractivity (Wildman–Crippen MR) is 125 cm³/mol. The van der Waals surface area contributed by atoms with Gasteiger partial charge in [0.05, 0.1) is 22.5 Å². The van der Waals surface area contributed by atoms with E-state index in [0.717, 1.165) is 9.21 Å². The van der Waals surface area contributed by atoms with E-state index in [0.29, 0.717) is 40.5 Å². The van der Waals surface area contributed by atoms with Crippen molar-refractivity contribution in [2.45, 2.75) is 37.4 Å². The fourth-order valence-electron chi connectivity index (χ4n) is 4.39. The zero-order valence-corrected chi connectivity index (χ0v) is 20.5. The van der Waals surface area contributed by atoms with Crippen molar-refractivity contribution >= 4 is 33.0 Å². The van der Waals surface area contributed by atoms with Crippen molar-refractivity contribution in [3.8, 4) is 11.5 Å². The number of hydrogen-bond acceptors (Lipinski definition) is 7. The van der Waals surface area contributed by atoms with Crippen molar-refractivity contribution in [2.24, 2.45) is 0 Å². The van der Waals surface area contributed by atoms with E-state index in [1.54, 1.807) is 31.2 Å². The number of nitrogens with one attached hydrogen (secondary N) is 1. The number of benzene rings is 2. The number of amides is 3. The maximum absolute atomic E-state index is 13.5. The number of carbonyl (C=O) groups is 2. The molecular weight excluding hydrogens is 474 g/mol. The first-order valence-corrected chi connectivity index (χ1v) is 12.5. The Hall–Kier alpha value is -3.64. The third kappa shape index (κ3) is 3.51. The Morgan fingerprint density at radius 1 is 1.11 bits per heavy atom. The third-order valence-electron chi connectivity index (χ3n) is 6.42. The van der Waals surface area contributed by atoms with Crippen molar-refractivity contribution < 1.29 is 27.5 Å². The lowest BCUT2D eigenvalue weighted by molar-refractivity contribution is -0.131. The van der Waals surface area contributed by atoms with Gasteiger partial charge in [0.25, 0.3) is 5.91 Å². The van der Waals surface area contributed by atoms with Gasteiger partial charge in [0, 0.05) is 20.6 Å². The number of nitrogens with zero attached hydrogens (tertiary/aromatic N) is 4. The van der Waals surface area contributed by atoms with E-state index in [1.807, 2.05) is 11.5 Å². The summed E-state index contributed by atoms with van der Waals surface area (Å²) in [7, 11) is -0.708. The number of rotatable bonds is 6. The van der Waals surface area contributed by atoms with Gasteiger partial charge in [0.2, 0.25) is 16.8 Å². The molecule has 1 unspecified atom stereocenters. The molecule has 2 aromatic carbocycles. The predicted octanol–water partition coefficient (Wildman–Crippen LogP) is 2.00. The molecule has 35 heavy (non-hydrogen) atoms. The molecule has 184 valence electrons. The van der Waals surface area contributed by atoms with Crippen molar-refractivity contribution in [3.05, 3.63) is 47.8 Å². The van der Waals surface area contributed by atoms with Gasteiger partial charge in [-0.15, -0.1) is 0 Å². The van der Waals surface area contributed by atoms with Gasteiger partial charge in [-0.05, 0) is 49.7 Å². The van der Waals surface area contributed by atoms with Crippen LogP contribution in [0.3, 0.4) is 0 Å². The van der Waals surface area contributed by atoms with Crippen molar-refractivity contribution in [1.82, 2.24) is 24.1 Å². The number of imidazole rings is 1. The number of ether oxygens (including phenoxy) is 2. The van der Waals surface area contributed by atoms with E-state index < -0.39 is 27.5 Å². The average Bonchev–Trinajstić information content (AvgIpc) is 3.49. The van der Waals surface area contributed by atoms with Gasteiger partial charge in [-0.3, -0.25) is 9.69 Å². The molecule has 3 heterocycles. The summed E-state index contributed by atoms with van der Waals surface area (Å²) in [5, 5.41) is 2.79. The van der Waals surface area contributed by atoms with Gasteiger partial charge in [0.15, 0.2) is 11.5 Å². The van der Waals surface area contributed by atoms with Crippen LogP contribution < -0.4 is 14.8 Å². The summed E-state index contributed by atoms with van der Waals surface area (Å²) in [6, 6.07) is 9.31. The quantitative estimate of drug-likeness (QED) is 0.515. The molecular formula is C23H25N5O6S. The van der Waals surface area contributed by atoms with E-state index in [2.05, 4.69) is 10.3 Å². The van der Waals surface area contributed by atoms with Crippen LogP contribution in [0.2, 0.25) is 0 Å². The SMILES string of the molecule is CCn1c(CN2C(=O)NC(C)(c3ccc4c(c3)OCO4)C2=O)nc2cc(S(=O)(=O)N(C)C)ccc21. The Kier molecular flexibility index (Phi) is 5.25. The van der Waals surface area contributed by atoms with Gasteiger partial charge < -0.3 is 19.4 Å². The van der Waals surface area contributed by atoms with Crippen LogP contribution in [0.15, 0.2) is 41.3 Å². The summed E-state index contributed by atoms with van der Waals surface area (Å²) in [5.74, 6) is 1.14. The molecule has 2 aliphatic rings. The zero-order chi connectivity index (χ0) is 25.1. The lowest BCUT2D eigenvalue weighted by Gasteiger charge is -2.22. The Morgan fingerprint density at radius 2 is 1.86 bits per heavy atom. The standard InChI is InChI=1S/C23H25N5O6S/c1-5-27-17-8-7-15(35(31,32)26(3)4)11-16(17)24-20(27)12-28-21(29)23(2,25-22(28)30)14-6-9-18-19(10-14)34-13-33-18/h6-11H,5,12-13H2,1-4H3,(H,25,30). The fourth-order valence-corrected chi connectivity index (χ4v) is 5.31. The van der Waals surface area contributed by atoms with Crippen LogP contribution in [0.1, 0.15) is 25.2 Å². The van der Waals surface area contributed by atoms with Crippen molar-refractivity contribution in [1.29, 1.82) is 0 Å². The smallest absolute Gasteiger partial charge is 0.325 e. The second-order valence-corrected chi connectivity index (χ2v) is 10.9. The molecule has 0 saturated carbocycles. The third-order valence-corrected chi connectivity index (χ3v) is 8.23. The van der Waals surface area contributed by atoms with E-state index >= 15 is 0 Å². The van der Waals surface area contributed by atoms with Crippen LogP contribution in [0, 0.1) is 0 Å². The van der Waals surface area contributed by atoms with E-state index in [1.165, 1.54) is 26.2 Å². The summed E-state index contributed by atoms with van der Waals surface area (Å²) in [5.41, 5.74) is 0.472. The summed E-state index contributed by atoms with van der Waals surface area (Å²) in [4.78, 5) is 32.2. The number of carbonyl (C=O) groups excluding carboxylic acids is 2. The van der Waals surface area contributed by atoms with Crippen molar-refractivity contribution in [2.75, 3.05) is 20.9 Å². The molecule has 1 atom stereocenters. The zero-order valence-electron chi connectivity index (χ0n) is 19.7. The lowest BCUT2D eigenvalue weighted by Crippen LogP contribution is -2.40. The maximum Gasteiger partial charge on any atom is 0.325 e. The first-order valence-electron chi connectivity index (χ1n) is 11.0. The number of sulfonamides is 1. The lowest BCUT2D eigenvalue weighted by atomic mass is 9.91. The molecule has 0 spiro atoms. The number of fused-ring (bicyclic) bond motifs is 2. The molecule has 12 heteroatoms. The molecule has 1 aromatic heterocycles. The Labute approximate surface area is 202 Å². The summed E-state index contributed by atoms with van der Waals surface area (Å²) < 4.78 is 38.8.